The van der Waals surface area contributed by atoms with Gasteiger partial charge in [0.2, 0.25) is 0 Å². The van der Waals surface area contributed by atoms with E-state index in [0.29, 0.717) is 16.3 Å². The van der Waals surface area contributed by atoms with Gasteiger partial charge in [0.15, 0.2) is 6.61 Å². The lowest BCUT2D eigenvalue weighted by Gasteiger charge is -2.13. The van der Waals surface area contributed by atoms with Gasteiger partial charge in [-0.05, 0) is 12.1 Å². The van der Waals surface area contributed by atoms with E-state index < -0.39 is 0 Å². The minimum atomic E-state index is -0.351. The molecule has 14 heavy (non-hydrogen) atoms. The van der Waals surface area contributed by atoms with Crippen molar-refractivity contribution in [3.63, 3.8) is 0 Å². The predicted molar refractivity (Wildman–Crippen MR) is 49.9 cm³/mol. The van der Waals surface area contributed by atoms with Gasteiger partial charge in [0.05, 0.1) is 10.6 Å². The van der Waals surface area contributed by atoms with E-state index >= 15 is 0 Å². The molecule has 0 saturated heterocycles. The first-order valence-electron chi connectivity index (χ1n) is 3.91. The van der Waals surface area contributed by atoms with Crippen LogP contribution in [0, 0.1) is 0 Å². The lowest BCUT2D eigenvalue weighted by atomic mass is 10.0. The number of hydrogen-bond donors (Lipinski definition) is 0. The summed E-state index contributed by atoms with van der Waals surface area (Å²) in [5.74, 6) is 0.00261. The van der Waals surface area contributed by atoms with Gasteiger partial charge in [-0.1, -0.05) is 17.7 Å². The van der Waals surface area contributed by atoms with Crippen molar-refractivity contribution in [3.8, 4) is 5.75 Å². The number of para-hydroxylation sites is 1. The van der Waals surface area contributed by atoms with Crippen molar-refractivity contribution < 1.29 is 14.3 Å². The molecular weight excluding hydrogens is 204 g/mol. The maximum absolute atomic E-state index is 11.6. The fourth-order valence-corrected chi connectivity index (χ4v) is 1.50. The van der Waals surface area contributed by atoms with Gasteiger partial charge in [-0.15, -0.1) is 0 Å². The molecule has 0 aliphatic carbocycles. The number of ketones is 1. The normalized spacial score (nSPS) is 14.4. The Kier molecular flexibility index (Phi) is 2.08. The Bertz CT molecular complexity index is 464. The fraction of sp³-hybridized carbons (Fsp3) is 0.111. The van der Waals surface area contributed by atoms with Gasteiger partial charge in [-0.3, -0.25) is 4.79 Å². The van der Waals surface area contributed by atoms with Crippen molar-refractivity contribution in [3.05, 3.63) is 34.3 Å². The number of carbonyl (C=O) groups excluding carboxylic acids is 1. The molecule has 2 rings (SSSR count). The summed E-state index contributed by atoms with van der Waals surface area (Å²) in [5, 5.41) is 0.382. The third-order valence-electron chi connectivity index (χ3n) is 1.95. The summed E-state index contributed by atoms with van der Waals surface area (Å²) in [5.41, 5.74) is 8.83. The monoisotopic (exact) mass is 208 g/mol. The third kappa shape index (κ3) is 1.21. The third-order valence-corrected chi connectivity index (χ3v) is 2.25. The molecule has 0 amide bonds. The van der Waals surface area contributed by atoms with Crippen molar-refractivity contribution in [2.24, 2.45) is 0 Å². The maximum atomic E-state index is 11.6. The lowest BCUT2D eigenvalue weighted by molar-refractivity contribution is -0.0132. The molecule has 1 aromatic carbocycles. The Balaban J connectivity index is 2.62. The van der Waals surface area contributed by atoms with Gasteiger partial charge in [0.25, 0.3) is 5.78 Å². The van der Waals surface area contributed by atoms with E-state index in [1.54, 1.807) is 18.2 Å². The quantitative estimate of drug-likeness (QED) is 0.480. The van der Waals surface area contributed by atoms with E-state index in [2.05, 4.69) is 4.79 Å². The van der Waals surface area contributed by atoms with E-state index in [4.69, 9.17) is 21.9 Å². The molecule has 0 radical (unpaired) electrons. The van der Waals surface area contributed by atoms with Gasteiger partial charge in [-0.2, -0.15) is 4.79 Å². The minimum absolute atomic E-state index is 0.0141. The molecule has 70 valence electrons. The van der Waals surface area contributed by atoms with Crippen LogP contribution in [-0.2, 0) is 0 Å². The number of carbonyl (C=O) groups is 1. The summed E-state index contributed by atoms with van der Waals surface area (Å²) < 4.78 is 5.18. The first-order valence-corrected chi connectivity index (χ1v) is 4.29. The van der Waals surface area contributed by atoms with Crippen molar-refractivity contribution >= 4 is 23.1 Å². The highest BCUT2D eigenvalue weighted by atomic mass is 35.5. The van der Waals surface area contributed by atoms with E-state index in [9.17, 15) is 4.79 Å². The van der Waals surface area contributed by atoms with Gasteiger partial charge in [-0.25, -0.2) is 0 Å². The molecule has 0 fully saturated rings. The second-order valence-corrected chi connectivity index (χ2v) is 3.19. The molecule has 0 saturated carbocycles. The van der Waals surface area contributed by atoms with E-state index in [-0.39, 0.29) is 18.1 Å². The zero-order valence-electron chi connectivity index (χ0n) is 7.03. The Morgan fingerprint density at radius 3 is 3.00 bits per heavy atom. The SMILES string of the molecule is [N-]=[N+]=C1COc2c(Cl)cccc2C1=O. The Labute approximate surface area is 84.7 Å². The van der Waals surface area contributed by atoms with Crippen LogP contribution in [0.15, 0.2) is 18.2 Å². The molecule has 5 heteroatoms. The molecule has 0 unspecified atom stereocenters. The van der Waals surface area contributed by atoms with Gasteiger partial charge < -0.3 is 10.3 Å². The fourth-order valence-electron chi connectivity index (χ4n) is 1.27. The van der Waals surface area contributed by atoms with Crippen LogP contribution in [0.1, 0.15) is 10.4 Å². The zero-order chi connectivity index (χ0) is 10.1. The number of nitrogens with zero attached hydrogens (tertiary/aromatic N) is 2. The average Bonchev–Trinajstić information content (AvgIpc) is 2.20. The molecule has 1 aromatic rings. The molecule has 0 aromatic heterocycles. The zero-order valence-corrected chi connectivity index (χ0v) is 7.78. The van der Waals surface area contributed by atoms with E-state index in [1.165, 1.54) is 0 Å². The van der Waals surface area contributed by atoms with Crippen LogP contribution >= 0.6 is 11.6 Å². The number of halogens is 1. The first kappa shape index (κ1) is 8.94. The molecule has 1 aliphatic rings. The summed E-state index contributed by atoms with van der Waals surface area (Å²) in [7, 11) is 0. The maximum Gasteiger partial charge on any atom is 0.376 e. The second-order valence-electron chi connectivity index (χ2n) is 2.78. The highest BCUT2D eigenvalue weighted by Gasteiger charge is 2.32. The van der Waals surface area contributed by atoms with E-state index in [0.717, 1.165) is 0 Å². The number of benzene rings is 1. The van der Waals surface area contributed by atoms with Crippen LogP contribution < -0.4 is 4.74 Å². The number of hydrogen-bond acceptors (Lipinski definition) is 2. The standard InChI is InChI=1S/C9H5ClN2O2/c10-6-3-1-2-5-8(13)7(12-11)4-14-9(5)6/h1-3H,4H2. The Hall–Kier alpha value is -1.64. The van der Waals surface area contributed by atoms with Gasteiger partial charge in [0.1, 0.15) is 5.75 Å². The Morgan fingerprint density at radius 2 is 2.29 bits per heavy atom. The van der Waals surface area contributed by atoms with Crippen molar-refractivity contribution in [1.82, 2.24) is 0 Å². The topological polar surface area (TPSA) is 62.7 Å². The summed E-state index contributed by atoms with van der Waals surface area (Å²) >= 11 is 5.82. The summed E-state index contributed by atoms with van der Waals surface area (Å²) in [6.07, 6.45) is 0. The van der Waals surface area contributed by atoms with Crippen LogP contribution in [0.4, 0.5) is 0 Å². The number of Topliss-reactive ketones (excluding diaryl/α,β-unsaturated/α-hetero) is 1. The van der Waals surface area contributed by atoms with Crippen molar-refractivity contribution in [1.29, 1.82) is 0 Å². The van der Waals surface area contributed by atoms with E-state index in [1.807, 2.05) is 0 Å². The summed E-state index contributed by atoms with van der Waals surface area (Å²) in [6.45, 7) is -0.0495. The minimum Gasteiger partial charge on any atom is -0.479 e. The molecular formula is C9H5ClN2O2. The smallest absolute Gasteiger partial charge is 0.376 e. The molecule has 0 atom stereocenters. The second kappa shape index (κ2) is 3.25. The van der Waals surface area contributed by atoms with Crippen LogP contribution in [0.2, 0.25) is 5.02 Å². The molecule has 0 spiro atoms. The summed E-state index contributed by atoms with van der Waals surface area (Å²) in [4.78, 5) is 14.4. The average molecular weight is 209 g/mol. The summed E-state index contributed by atoms with van der Waals surface area (Å²) in [6, 6.07) is 4.85. The highest BCUT2D eigenvalue weighted by molar-refractivity contribution is 6.46. The largest absolute Gasteiger partial charge is 0.479 e. The van der Waals surface area contributed by atoms with Crippen LogP contribution in [-0.4, -0.2) is 22.9 Å². The van der Waals surface area contributed by atoms with Crippen LogP contribution in [0.25, 0.3) is 5.53 Å². The van der Waals surface area contributed by atoms with Crippen LogP contribution in [0.5, 0.6) is 5.75 Å². The molecule has 1 aliphatic heterocycles. The molecule has 0 N–H and O–H groups in total. The number of rotatable bonds is 0. The number of fused-ring (bicyclic) bond motifs is 1. The molecule has 1 heterocycles. The molecule has 0 bridgehead atoms. The van der Waals surface area contributed by atoms with Crippen molar-refractivity contribution in [2.45, 2.75) is 0 Å². The molecule has 4 nitrogen and oxygen atoms in total. The highest BCUT2D eigenvalue weighted by Crippen LogP contribution is 2.31. The van der Waals surface area contributed by atoms with Gasteiger partial charge in [0, 0.05) is 0 Å². The first-order chi connectivity index (χ1) is 6.74. The Morgan fingerprint density at radius 1 is 1.50 bits per heavy atom. The predicted octanol–water partition coefficient (Wildman–Crippen LogP) is 1.59. The van der Waals surface area contributed by atoms with Gasteiger partial charge >= 0.3 is 5.71 Å². The van der Waals surface area contributed by atoms with Crippen molar-refractivity contribution in [2.75, 3.05) is 6.61 Å². The lowest BCUT2D eigenvalue weighted by Crippen LogP contribution is -2.28. The number of ether oxygens (including phenoxy) is 1. The van der Waals surface area contributed by atoms with Crippen LogP contribution in [0.3, 0.4) is 0 Å².